The maximum atomic E-state index is 12.4. The van der Waals surface area contributed by atoms with Gasteiger partial charge < -0.3 is 0 Å². The molecule has 0 aromatic heterocycles. The first-order valence-electron chi connectivity index (χ1n) is 10.4. The Balaban J connectivity index is 1.89. The van der Waals surface area contributed by atoms with Gasteiger partial charge in [0.05, 0.1) is 0 Å². The molecule has 1 aliphatic heterocycles. The van der Waals surface area contributed by atoms with Gasteiger partial charge in [0.25, 0.3) is 0 Å². The van der Waals surface area contributed by atoms with Gasteiger partial charge in [-0.15, -0.1) is 0 Å². The van der Waals surface area contributed by atoms with Crippen molar-refractivity contribution in [3.05, 3.63) is 60.7 Å². The fraction of sp³-hybridized carbons (Fsp3) is 0.458. The van der Waals surface area contributed by atoms with E-state index in [4.69, 9.17) is 9.16 Å². The van der Waals surface area contributed by atoms with Gasteiger partial charge in [-0.1, -0.05) is 0 Å². The molecule has 4 nitrogen and oxygen atoms in total. The van der Waals surface area contributed by atoms with Crippen molar-refractivity contribution in [2.75, 3.05) is 13.1 Å². The molecule has 0 aliphatic carbocycles. The van der Waals surface area contributed by atoms with E-state index < -0.39 is 13.9 Å². The Morgan fingerprint density at radius 1 is 0.862 bits per heavy atom. The molecule has 158 valence electrons. The average molecular weight is 413 g/mol. The summed E-state index contributed by atoms with van der Waals surface area (Å²) in [6, 6.07) is 21.3. The van der Waals surface area contributed by atoms with Gasteiger partial charge in [-0.3, -0.25) is 0 Å². The first-order chi connectivity index (χ1) is 13.5. The van der Waals surface area contributed by atoms with Crippen LogP contribution in [0.3, 0.4) is 0 Å². The fourth-order valence-electron chi connectivity index (χ4n) is 4.29. The van der Waals surface area contributed by atoms with Crippen molar-refractivity contribution in [2.24, 2.45) is 0 Å². The minimum atomic E-state index is -2.96. The second kappa shape index (κ2) is 7.96. The molecule has 2 aromatic carbocycles. The van der Waals surface area contributed by atoms with E-state index in [1.807, 2.05) is 32.9 Å². The number of carbonyl (C=O) groups is 1. The van der Waals surface area contributed by atoms with Crippen molar-refractivity contribution in [1.82, 2.24) is 4.90 Å². The summed E-state index contributed by atoms with van der Waals surface area (Å²) in [6.07, 6.45) is -0.240. The van der Waals surface area contributed by atoms with Crippen molar-refractivity contribution >= 4 is 24.8 Å². The number of likely N-dealkylation sites (tertiary alicyclic amines) is 1. The molecule has 0 unspecified atom stereocenters. The predicted octanol–water partition coefficient (Wildman–Crippen LogP) is 3.91. The van der Waals surface area contributed by atoms with E-state index in [9.17, 15) is 4.79 Å². The summed E-state index contributed by atoms with van der Waals surface area (Å²) >= 11 is 0. The van der Waals surface area contributed by atoms with Crippen LogP contribution in [-0.2, 0) is 9.16 Å². The molecule has 0 N–H and O–H groups in total. The van der Waals surface area contributed by atoms with Crippen molar-refractivity contribution < 1.29 is 14.0 Å². The molecule has 3 rings (SSSR count). The van der Waals surface area contributed by atoms with Gasteiger partial charge in [0.15, 0.2) is 0 Å². The predicted molar refractivity (Wildman–Crippen MR) is 122 cm³/mol. The third kappa shape index (κ3) is 4.56. The van der Waals surface area contributed by atoms with Crippen molar-refractivity contribution in [3.8, 4) is 0 Å². The van der Waals surface area contributed by atoms with E-state index in [1.54, 1.807) is 4.90 Å². The number of benzene rings is 2. The molecule has 0 saturated carbocycles. The van der Waals surface area contributed by atoms with Gasteiger partial charge in [-0.05, 0) is 0 Å². The zero-order valence-electron chi connectivity index (χ0n) is 18.5. The van der Waals surface area contributed by atoms with Gasteiger partial charge in [-0.25, -0.2) is 0 Å². The monoisotopic (exact) mass is 412 g/mol. The first kappa shape index (κ1) is 21.6. The molecule has 1 fully saturated rings. The molecule has 0 bridgehead atoms. The third-order valence-corrected chi connectivity index (χ3v) is 11.5. The SMILES string of the molecule is CC(C)(C)OC(=O)N1CC(O[SiH-](c2ccccc2)(c2ccccc2)C(C)(C)C)C1. The number of nitrogens with zero attached hydrogens (tertiary/aromatic N) is 1. The van der Waals surface area contributed by atoms with E-state index in [2.05, 4.69) is 69.3 Å². The molecule has 0 atom stereocenters. The molecule has 1 aliphatic rings. The van der Waals surface area contributed by atoms with Gasteiger partial charge in [0.1, 0.15) is 0 Å². The summed E-state index contributed by atoms with van der Waals surface area (Å²) in [4.78, 5) is 14.1. The van der Waals surface area contributed by atoms with Crippen LogP contribution < -0.4 is 10.4 Å². The summed E-state index contributed by atoms with van der Waals surface area (Å²) in [7, 11) is -2.96. The zero-order valence-corrected chi connectivity index (χ0v) is 19.7. The summed E-state index contributed by atoms with van der Waals surface area (Å²) in [5.74, 6) is 0. The van der Waals surface area contributed by atoms with Crippen LogP contribution in [0.2, 0.25) is 5.04 Å². The second-order valence-electron chi connectivity index (χ2n) is 10.1. The van der Waals surface area contributed by atoms with Crippen LogP contribution >= 0.6 is 0 Å². The van der Waals surface area contributed by atoms with E-state index in [-0.39, 0.29) is 17.2 Å². The van der Waals surface area contributed by atoms with Crippen molar-refractivity contribution in [2.45, 2.75) is 58.3 Å². The Labute approximate surface area is 176 Å². The van der Waals surface area contributed by atoms with Gasteiger partial charge >= 0.3 is 176 Å². The minimum absolute atomic E-state index is 0.0205. The quantitative estimate of drug-likeness (QED) is 0.715. The molecule has 0 spiro atoms. The van der Waals surface area contributed by atoms with Crippen LogP contribution in [0, 0.1) is 0 Å². The topological polar surface area (TPSA) is 38.8 Å². The number of rotatable bonds is 4. The van der Waals surface area contributed by atoms with Crippen LogP contribution in [0.15, 0.2) is 60.7 Å². The third-order valence-electron chi connectivity index (χ3n) is 5.65. The number of hydrogen-bond donors (Lipinski definition) is 0. The average Bonchev–Trinajstić information content (AvgIpc) is 2.60. The first-order valence-corrected chi connectivity index (χ1v) is 12.6. The molecular formula is C24H34NO3Si-. The number of carbonyl (C=O) groups excluding carboxylic acids is 1. The van der Waals surface area contributed by atoms with Gasteiger partial charge in [0.2, 0.25) is 0 Å². The molecule has 2 aromatic rings. The Bertz CT molecular complexity index is 779. The Morgan fingerprint density at radius 2 is 1.31 bits per heavy atom. The van der Waals surface area contributed by atoms with E-state index in [0.29, 0.717) is 13.1 Å². The molecule has 5 heteroatoms. The Kier molecular flexibility index (Phi) is 5.92. The van der Waals surface area contributed by atoms with Gasteiger partial charge in [0, 0.05) is 0 Å². The zero-order chi connectivity index (χ0) is 21.3. The summed E-state index contributed by atoms with van der Waals surface area (Å²) in [5, 5.41) is 2.53. The summed E-state index contributed by atoms with van der Waals surface area (Å²) < 4.78 is 12.5. The molecule has 29 heavy (non-hydrogen) atoms. The fourth-order valence-corrected chi connectivity index (χ4v) is 9.68. The molecule has 0 radical (unpaired) electrons. The van der Waals surface area contributed by atoms with Gasteiger partial charge in [-0.2, -0.15) is 0 Å². The van der Waals surface area contributed by atoms with E-state index in [1.165, 1.54) is 10.4 Å². The summed E-state index contributed by atoms with van der Waals surface area (Å²) in [5.41, 5.74) is -0.483. The van der Waals surface area contributed by atoms with Crippen LogP contribution in [0.4, 0.5) is 4.79 Å². The standard InChI is InChI=1S/C24H34NO3Si/c1-23(2,3)27-22(26)25-17-19(18-25)28-29(24(4,5)6,20-13-9-7-10-14-20)21-15-11-8-12-16-21/h7-16,19,29H,17-18H2,1-6H3/q-1. The molecule has 1 heterocycles. The van der Waals surface area contributed by atoms with Crippen LogP contribution in [0.1, 0.15) is 41.5 Å². The maximum absolute atomic E-state index is 12.4. The van der Waals surface area contributed by atoms with E-state index in [0.717, 1.165) is 0 Å². The summed E-state index contributed by atoms with van der Waals surface area (Å²) in [6.45, 7) is 13.7. The van der Waals surface area contributed by atoms with Crippen LogP contribution in [-0.4, -0.2) is 44.1 Å². The normalized spacial score (nSPS) is 16.3. The van der Waals surface area contributed by atoms with E-state index >= 15 is 0 Å². The second-order valence-corrected chi connectivity index (χ2v) is 15.0. The molecular weight excluding hydrogens is 378 g/mol. The van der Waals surface area contributed by atoms with Crippen LogP contribution in [0.25, 0.3) is 0 Å². The van der Waals surface area contributed by atoms with Crippen LogP contribution in [0.5, 0.6) is 0 Å². The number of amides is 1. The number of hydrogen-bond acceptors (Lipinski definition) is 3. The van der Waals surface area contributed by atoms with Crippen molar-refractivity contribution in [3.63, 3.8) is 0 Å². The Hall–Kier alpha value is -2.11. The number of ether oxygens (including phenoxy) is 1. The Morgan fingerprint density at radius 3 is 1.69 bits per heavy atom. The molecule has 1 saturated heterocycles. The van der Waals surface area contributed by atoms with Crippen molar-refractivity contribution in [1.29, 1.82) is 0 Å². The molecule has 1 amide bonds.